The number of anilines is 2. The first-order valence-electron chi connectivity index (χ1n) is 9.95. The second-order valence-electron chi connectivity index (χ2n) is 7.82. The van der Waals surface area contributed by atoms with Crippen LogP contribution in [0.25, 0.3) is 0 Å². The predicted octanol–water partition coefficient (Wildman–Crippen LogP) is 0.788. The molecule has 0 radical (unpaired) electrons. The van der Waals surface area contributed by atoms with Crippen molar-refractivity contribution >= 4 is 44.7 Å². The Morgan fingerprint density at radius 3 is 2.48 bits per heavy atom. The number of ether oxygens (including phenoxy) is 1. The van der Waals surface area contributed by atoms with Gasteiger partial charge in [-0.25, -0.2) is 18.2 Å². The summed E-state index contributed by atoms with van der Waals surface area (Å²) in [5.41, 5.74) is 1.54. The molecular formula is C20H26N4O6S. The lowest BCUT2D eigenvalue weighted by Gasteiger charge is -2.27. The monoisotopic (exact) mass is 450 g/mol. The molecule has 0 saturated carbocycles. The van der Waals surface area contributed by atoms with E-state index >= 15 is 0 Å². The summed E-state index contributed by atoms with van der Waals surface area (Å²) in [6.45, 7) is 1.44. The molecule has 0 aliphatic carbocycles. The molecule has 3 rings (SSSR count). The Balaban J connectivity index is 1.61. The summed E-state index contributed by atoms with van der Waals surface area (Å²) >= 11 is 0. The molecule has 1 aromatic rings. The van der Waals surface area contributed by atoms with E-state index in [0.29, 0.717) is 5.69 Å². The van der Waals surface area contributed by atoms with E-state index in [0.717, 1.165) is 10.7 Å². The van der Waals surface area contributed by atoms with Crippen LogP contribution < -0.4 is 10.2 Å². The summed E-state index contributed by atoms with van der Waals surface area (Å²) in [7, 11) is 0.604. The maximum atomic E-state index is 12.5. The van der Waals surface area contributed by atoms with E-state index in [4.69, 9.17) is 4.74 Å². The molecule has 31 heavy (non-hydrogen) atoms. The van der Waals surface area contributed by atoms with Crippen LogP contribution in [0.5, 0.6) is 0 Å². The molecule has 2 aliphatic rings. The first-order valence-corrected chi connectivity index (χ1v) is 11.8. The summed E-state index contributed by atoms with van der Waals surface area (Å²) in [5, 5.41) is 7.82. The quantitative estimate of drug-likeness (QED) is 0.635. The highest BCUT2D eigenvalue weighted by Crippen LogP contribution is 2.22. The number of sulfone groups is 1. The van der Waals surface area contributed by atoms with Gasteiger partial charge in [0.1, 0.15) is 5.71 Å². The van der Waals surface area contributed by atoms with Crippen molar-refractivity contribution < 1.29 is 27.5 Å². The average Bonchev–Trinajstić information content (AvgIpc) is 3.08. The van der Waals surface area contributed by atoms with Gasteiger partial charge in [0.15, 0.2) is 15.9 Å². The number of benzene rings is 1. The highest BCUT2D eigenvalue weighted by atomic mass is 32.2. The molecule has 11 heteroatoms. The average molecular weight is 451 g/mol. The lowest BCUT2D eigenvalue weighted by Crippen LogP contribution is -2.42. The lowest BCUT2D eigenvalue weighted by atomic mass is 10.1. The number of nitrogens with zero attached hydrogens (tertiary/aromatic N) is 3. The van der Waals surface area contributed by atoms with Gasteiger partial charge in [-0.2, -0.15) is 5.10 Å². The number of nitrogens with one attached hydrogen (secondary N) is 1. The normalized spacial score (nSPS) is 21.3. The maximum Gasteiger partial charge on any atom is 0.355 e. The third-order valence-corrected chi connectivity index (χ3v) is 6.90. The number of esters is 1. The summed E-state index contributed by atoms with van der Waals surface area (Å²) in [5.74, 6) is -1.81. The molecule has 168 valence electrons. The molecule has 1 fully saturated rings. The van der Waals surface area contributed by atoms with Crippen LogP contribution in [0.4, 0.5) is 11.4 Å². The summed E-state index contributed by atoms with van der Waals surface area (Å²) in [6, 6.07) is 6.60. The van der Waals surface area contributed by atoms with E-state index in [1.807, 2.05) is 31.1 Å². The van der Waals surface area contributed by atoms with E-state index in [9.17, 15) is 22.8 Å². The van der Waals surface area contributed by atoms with Gasteiger partial charge in [-0.15, -0.1) is 0 Å². The number of carbonyl (C=O) groups is 3. The number of amides is 2. The van der Waals surface area contributed by atoms with Crippen LogP contribution in [0.15, 0.2) is 29.4 Å². The number of carbonyl (C=O) groups excluding carboxylic acids is 3. The van der Waals surface area contributed by atoms with Crippen LogP contribution in [0, 0.1) is 0 Å². The Hall–Kier alpha value is -2.95. The van der Waals surface area contributed by atoms with Gasteiger partial charge in [0.05, 0.1) is 17.5 Å². The van der Waals surface area contributed by atoms with Gasteiger partial charge in [-0.3, -0.25) is 9.59 Å². The minimum absolute atomic E-state index is 0.00103. The Bertz CT molecular complexity index is 1000. The molecule has 10 nitrogen and oxygen atoms in total. The third kappa shape index (κ3) is 5.60. The van der Waals surface area contributed by atoms with E-state index in [1.54, 1.807) is 12.1 Å². The van der Waals surface area contributed by atoms with Crippen molar-refractivity contribution in [3.8, 4) is 0 Å². The first kappa shape index (κ1) is 22.7. The minimum atomic E-state index is -3.21. The summed E-state index contributed by atoms with van der Waals surface area (Å²) in [4.78, 5) is 39.0. The fourth-order valence-electron chi connectivity index (χ4n) is 3.34. The molecule has 2 heterocycles. The molecule has 1 N–H and O–H groups in total. The zero-order chi connectivity index (χ0) is 22.8. The van der Waals surface area contributed by atoms with Crippen LogP contribution in [0.1, 0.15) is 26.2 Å². The number of hydrogen-bond donors (Lipinski definition) is 1. The van der Waals surface area contributed by atoms with Gasteiger partial charge < -0.3 is 15.0 Å². The van der Waals surface area contributed by atoms with Gasteiger partial charge in [-0.05, 0) is 37.6 Å². The molecule has 0 unspecified atom stereocenters. The summed E-state index contributed by atoms with van der Waals surface area (Å²) in [6.07, 6.45) is -0.690. The molecule has 1 saturated heterocycles. The standard InChI is InChI=1S/C20H26N4O6S/c1-13(19(26)21-14-4-6-15(7-5-14)23(2)3)30-20(27)17-8-9-18(25)24(22-17)16-10-11-31(28,29)12-16/h4-7,13,16H,8-12H2,1-3H3,(H,21,26)/t13-,16-/m1/s1. The fraction of sp³-hybridized carbons (Fsp3) is 0.500. The SMILES string of the molecule is C[C@@H](OC(=O)C1=NN([C@@H]2CCS(=O)(=O)C2)C(=O)CC1)C(=O)Nc1ccc(N(C)C)cc1. The third-order valence-electron chi connectivity index (χ3n) is 5.15. The van der Waals surface area contributed by atoms with Gasteiger partial charge in [0.2, 0.25) is 5.91 Å². The molecule has 0 spiro atoms. The zero-order valence-corrected chi connectivity index (χ0v) is 18.5. The van der Waals surface area contributed by atoms with Gasteiger partial charge in [0, 0.05) is 38.3 Å². The van der Waals surface area contributed by atoms with Gasteiger partial charge >= 0.3 is 5.97 Å². The number of hydrazone groups is 1. The Kier molecular flexibility index (Phi) is 6.63. The van der Waals surface area contributed by atoms with Crippen LogP contribution in [-0.2, 0) is 29.0 Å². The molecule has 1 aromatic carbocycles. The van der Waals surface area contributed by atoms with E-state index in [1.165, 1.54) is 6.92 Å². The Morgan fingerprint density at radius 1 is 1.23 bits per heavy atom. The number of hydrogen-bond acceptors (Lipinski definition) is 8. The predicted molar refractivity (Wildman–Crippen MR) is 116 cm³/mol. The van der Waals surface area contributed by atoms with Crippen molar-refractivity contribution in [3.63, 3.8) is 0 Å². The van der Waals surface area contributed by atoms with E-state index < -0.39 is 33.9 Å². The van der Waals surface area contributed by atoms with Crippen molar-refractivity contribution in [2.24, 2.45) is 5.10 Å². The Labute approximate surface area is 181 Å². The lowest BCUT2D eigenvalue weighted by molar-refractivity contribution is -0.147. The first-order chi connectivity index (χ1) is 14.6. The van der Waals surface area contributed by atoms with Crippen molar-refractivity contribution in [2.45, 2.75) is 38.3 Å². The second kappa shape index (κ2) is 9.04. The zero-order valence-electron chi connectivity index (χ0n) is 17.7. The van der Waals surface area contributed by atoms with Crippen molar-refractivity contribution in [1.29, 1.82) is 0 Å². The maximum absolute atomic E-state index is 12.5. The second-order valence-corrected chi connectivity index (χ2v) is 10.0. The smallest absolute Gasteiger partial charge is 0.355 e. The molecule has 2 aliphatic heterocycles. The van der Waals surface area contributed by atoms with Crippen LogP contribution >= 0.6 is 0 Å². The largest absolute Gasteiger partial charge is 0.448 e. The topological polar surface area (TPSA) is 125 Å². The minimum Gasteiger partial charge on any atom is -0.448 e. The van der Waals surface area contributed by atoms with Crippen LogP contribution in [0.3, 0.4) is 0 Å². The van der Waals surface area contributed by atoms with Crippen LogP contribution in [-0.4, -0.2) is 74.7 Å². The highest BCUT2D eigenvalue weighted by Gasteiger charge is 2.37. The van der Waals surface area contributed by atoms with Gasteiger partial charge in [0.25, 0.3) is 5.91 Å². The van der Waals surface area contributed by atoms with Crippen molar-refractivity contribution in [3.05, 3.63) is 24.3 Å². The molecule has 2 atom stereocenters. The molecule has 0 bridgehead atoms. The molecule has 0 aromatic heterocycles. The van der Waals surface area contributed by atoms with Crippen LogP contribution in [0.2, 0.25) is 0 Å². The van der Waals surface area contributed by atoms with E-state index in [2.05, 4.69) is 10.4 Å². The Morgan fingerprint density at radius 2 is 1.90 bits per heavy atom. The van der Waals surface area contributed by atoms with Crippen molar-refractivity contribution in [2.75, 3.05) is 35.8 Å². The van der Waals surface area contributed by atoms with E-state index in [-0.39, 0.29) is 42.4 Å². The molecule has 2 amide bonds. The number of rotatable bonds is 6. The van der Waals surface area contributed by atoms with Gasteiger partial charge in [-0.1, -0.05) is 0 Å². The highest BCUT2D eigenvalue weighted by molar-refractivity contribution is 7.91. The van der Waals surface area contributed by atoms with Crippen molar-refractivity contribution in [1.82, 2.24) is 5.01 Å². The molecular weight excluding hydrogens is 424 g/mol. The summed E-state index contributed by atoms with van der Waals surface area (Å²) < 4.78 is 28.6. The fourth-order valence-corrected chi connectivity index (χ4v) is 5.03.